The maximum Gasteiger partial charge on any atom is 0.00952 e. The predicted octanol–water partition coefficient (Wildman–Crippen LogP) is 3.05. The third-order valence-electron chi connectivity index (χ3n) is 3.89. The molecule has 13 heavy (non-hydrogen) atoms. The summed E-state index contributed by atoms with van der Waals surface area (Å²) in [6.07, 6.45) is 10.3. The lowest BCUT2D eigenvalue weighted by molar-refractivity contribution is 0.116. The number of nitrogens with zero attached hydrogens (tertiary/aromatic N) is 1. The molecule has 2 rings (SSSR count). The first-order valence-electron chi connectivity index (χ1n) is 6.10. The molecule has 0 amide bonds. The van der Waals surface area contributed by atoms with Crippen LogP contribution in [0.5, 0.6) is 0 Å². The van der Waals surface area contributed by atoms with E-state index in [9.17, 15) is 0 Å². The van der Waals surface area contributed by atoms with E-state index in [0.717, 1.165) is 12.0 Å². The van der Waals surface area contributed by atoms with E-state index in [1.165, 1.54) is 58.0 Å². The third kappa shape index (κ3) is 2.46. The second-order valence-electron chi connectivity index (χ2n) is 5.01. The number of hydrogen-bond acceptors (Lipinski definition) is 1. The van der Waals surface area contributed by atoms with Crippen LogP contribution in [0, 0.1) is 5.92 Å². The Labute approximate surface area is 82.5 Å². The van der Waals surface area contributed by atoms with Crippen LogP contribution in [-0.4, -0.2) is 24.0 Å². The zero-order valence-electron chi connectivity index (χ0n) is 8.97. The van der Waals surface area contributed by atoms with Gasteiger partial charge in [-0.3, -0.25) is 0 Å². The molecule has 76 valence electrons. The SMILES string of the molecule is C[C@@H]1CCCC2CCCCN2CC1. The molecule has 0 aliphatic carbocycles. The molecule has 1 nitrogen and oxygen atoms in total. The third-order valence-corrected chi connectivity index (χ3v) is 3.89. The van der Waals surface area contributed by atoms with Gasteiger partial charge in [0, 0.05) is 6.04 Å². The molecule has 0 aromatic rings. The highest BCUT2D eigenvalue weighted by molar-refractivity contribution is 4.79. The van der Waals surface area contributed by atoms with E-state index in [2.05, 4.69) is 11.8 Å². The summed E-state index contributed by atoms with van der Waals surface area (Å²) in [7, 11) is 0. The number of hydrogen-bond donors (Lipinski definition) is 0. The molecule has 2 fully saturated rings. The minimum Gasteiger partial charge on any atom is -0.300 e. The van der Waals surface area contributed by atoms with Crippen LogP contribution in [0.25, 0.3) is 0 Å². The Balaban J connectivity index is 1.90. The molecule has 1 heteroatoms. The second kappa shape index (κ2) is 4.45. The van der Waals surface area contributed by atoms with Gasteiger partial charge in [-0.2, -0.15) is 0 Å². The van der Waals surface area contributed by atoms with Gasteiger partial charge in [-0.25, -0.2) is 0 Å². The quantitative estimate of drug-likeness (QED) is 0.555. The zero-order chi connectivity index (χ0) is 9.10. The molecule has 2 atom stereocenters. The highest BCUT2D eigenvalue weighted by Gasteiger charge is 2.23. The molecule has 0 N–H and O–H groups in total. The van der Waals surface area contributed by atoms with Crippen molar-refractivity contribution in [3.63, 3.8) is 0 Å². The summed E-state index contributed by atoms with van der Waals surface area (Å²) in [5.74, 6) is 0.975. The van der Waals surface area contributed by atoms with Gasteiger partial charge in [0.2, 0.25) is 0 Å². The van der Waals surface area contributed by atoms with Gasteiger partial charge in [-0.05, 0) is 44.7 Å². The molecule has 0 spiro atoms. The topological polar surface area (TPSA) is 3.24 Å². The summed E-state index contributed by atoms with van der Waals surface area (Å²) in [4.78, 5) is 2.76. The van der Waals surface area contributed by atoms with Crippen molar-refractivity contribution in [3.8, 4) is 0 Å². The van der Waals surface area contributed by atoms with Gasteiger partial charge < -0.3 is 4.90 Å². The van der Waals surface area contributed by atoms with Crippen LogP contribution in [0.1, 0.15) is 51.9 Å². The fourth-order valence-electron chi connectivity index (χ4n) is 2.91. The number of fused-ring (bicyclic) bond motifs is 1. The minimum atomic E-state index is 0.959. The summed E-state index contributed by atoms with van der Waals surface area (Å²) < 4.78 is 0. The Morgan fingerprint density at radius 3 is 2.62 bits per heavy atom. The van der Waals surface area contributed by atoms with Crippen molar-refractivity contribution >= 4 is 0 Å². The van der Waals surface area contributed by atoms with Crippen molar-refractivity contribution < 1.29 is 0 Å². The Morgan fingerprint density at radius 2 is 1.69 bits per heavy atom. The fraction of sp³-hybridized carbons (Fsp3) is 1.00. The van der Waals surface area contributed by atoms with Crippen molar-refractivity contribution in [2.45, 2.75) is 57.9 Å². The van der Waals surface area contributed by atoms with E-state index >= 15 is 0 Å². The first-order chi connectivity index (χ1) is 6.36. The fourth-order valence-corrected chi connectivity index (χ4v) is 2.91. The molecule has 0 aromatic carbocycles. The van der Waals surface area contributed by atoms with Crippen molar-refractivity contribution in [2.24, 2.45) is 5.92 Å². The van der Waals surface area contributed by atoms with E-state index in [4.69, 9.17) is 0 Å². The van der Waals surface area contributed by atoms with Gasteiger partial charge in [-0.15, -0.1) is 0 Å². The van der Waals surface area contributed by atoms with Crippen LogP contribution in [-0.2, 0) is 0 Å². The standard InChI is InChI=1S/C12H23N/c1-11-5-4-7-12-6-2-3-9-13(12)10-8-11/h11-12H,2-10H2,1H3/t11-,12?/m1/s1. The maximum absolute atomic E-state index is 2.76. The van der Waals surface area contributed by atoms with Crippen LogP contribution in [0.3, 0.4) is 0 Å². The predicted molar refractivity (Wildman–Crippen MR) is 56.8 cm³/mol. The van der Waals surface area contributed by atoms with Crippen molar-refractivity contribution in [1.29, 1.82) is 0 Å². The Hall–Kier alpha value is -0.0400. The van der Waals surface area contributed by atoms with Gasteiger partial charge >= 0.3 is 0 Å². The first-order valence-corrected chi connectivity index (χ1v) is 6.10. The monoisotopic (exact) mass is 181 g/mol. The van der Waals surface area contributed by atoms with Gasteiger partial charge in [0.05, 0.1) is 0 Å². The number of piperidine rings is 1. The summed E-state index contributed by atoms with van der Waals surface area (Å²) in [6.45, 7) is 5.19. The van der Waals surface area contributed by atoms with Crippen LogP contribution < -0.4 is 0 Å². The Morgan fingerprint density at radius 1 is 0.846 bits per heavy atom. The molecule has 0 aromatic heterocycles. The molecule has 0 bridgehead atoms. The van der Waals surface area contributed by atoms with Crippen LogP contribution in [0.15, 0.2) is 0 Å². The van der Waals surface area contributed by atoms with E-state index in [1.807, 2.05) is 0 Å². The van der Waals surface area contributed by atoms with Gasteiger partial charge in [0.15, 0.2) is 0 Å². The largest absolute Gasteiger partial charge is 0.300 e. The average molecular weight is 181 g/mol. The van der Waals surface area contributed by atoms with Crippen molar-refractivity contribution in [2.75, 3.05) is 13.1 Å². The van der Waals surface area contributed by atoms with Gasteiger partial charge in [-0.1, -0.05) is 26.2 Å². The van der Waals surface area contributed by atoms with Crippen LogP contribution >= 0.6 is 0 Å². The summed E-state index contributed by atoms with van der Waals surface area (Å²) in [5, 5.41) is 0. The molecular weight excluding hydrogens is 158 g/mol. The highest BCUT2D eigenvalue weighted by atomic mass is 15.2. The Bertz CT molecular complexity index is 155. The van der Waals surface area contributed by atoms with Crippen molar-refractivity contribution in [1.82, 2.24) is 4.90 Å². The average Bonchev–Trinajstić information content (AvgIpc) is 2.13. The molecule has 2 aliphatic rings. The lowest BCUT2D eigenvalue weighted by Gasteiger charge is -2.38. The van der Waals surface area contributed by atoms with E-state index in [-0.39, 0.29) is 0 Å². The Kier molecular flexibility index (Phi) is 3.26. The summed E-state index contributed by atoms with van der Waals surface area (Å²) in [5.41, 5.74) is 0. The first kappa shape index (κ1) is 9.51. The van der Waals surface area contributed by atoms with Gasteiger partial charge in [0.25, 0.3) is 0 Å². The smallest absolute Gasteiger partial charge is 0.00952 e. The van der Waals surface area contributed by atoms with E-state index in [0.29, 0.717) is 0 Å². The summed E-state index contributed by atoms with van der Waals surface area (Å²) >= 11 is 0. The molecule has 1 unspecified atom stereocenters. The van der Waals surface area contributed by atoms with E-state index < -0.39 is 0 Å². The zero-order valence-corrected chi connectivity index (χ0v) is 8.97. The molecule has 2 heterocycles. The summed E-state index contributed by atoms with van der Waals surface area (Å²) in [6, 6.07) is 0.959. The van der Waals surface area contributed by atoms with E-state index in [1.54, 1.807) is 0 Å². The van der Waals surface area contributed by atoms with Crippen LogP contribution in [0.2, 0.25) is 0 Å². The molecule has 2 saturated heterocycles. The molecule has 2 aliphatic heterocycles. The lowest BCUT2D eigenvalue weighted by Crippen LogP contribution is -2.41. The van der Waals surface area contributed by atoms with Gasteiger partial charge in [0.1, 0.15) is 0 Å². The van der Waals surface area contributed by atoms with Crippen LogP contribution in [0.4, 0.5) is 0 Å². The number of rotatable bonds is 0. The lowest BCUT2D eigenvalue weighted by atomic mass is 9.90. The highest BCUT2D eigenvalue weighted by Crippen LogP contribution is 2.26. The maximum atomic E-state index is 2.76. The second-order valence-corrected chi connectivity index (χ2v) is 5.01. The molecule has 0 radical (unpaired) electrons. The molecular formula is C12H23N. The van der Waals surface area contributed by atoms with Crippen molar-refractivity contribution in [3.05, 3.63) is 0 Å². The molecule has 0 saturated carbocycles. The minimum absolute atomic E-state index is 0.959. The normalized spacial score (nSPS) is 37.6.